The normalized spacial score (nSPS) is 11.2. The number of amides is 1. The molecule has 3 nitrogen and oxygen atoms in total. The van der Waals surface area contributed by atoms with Crippen molar-refractivity contribution in [2.75, 3.05) is 0 Å². The molecule has 3 heteroatoms. The first-order valence-electron chi connectivity index (χ1n) is 6.02. The van der Waals surface area contributed by atoms with Crippen LogP contribution in [0, 0.1) is 0 Å². The molecule has 0 atom stereocenters. The van der Waals surface area contributed by atoms with Crippen molar-refractivity contribution >= 4 is 5.91 Å². The predicted molar refractivity (Wildman–Crippen MR) is 68.9 cm³/mol. The van der Waals surface area contributed by atoms with Gasteiger partial charge < -0.3 is 10.4 Å². The Balaban J connectivity index is 2.59. The zero-order valence-corrected chi connectivity index (χ0v) is 10.8. The smallest absolute Gasteiger partial charge is 0.224 e. The van der Waals surface area contributed by atoms with E-state index in [0.717, 1.165) is 12.8 Å². The summed E-state index contributed by atoms with van der Waals surface area (Å²) in [7, 11) is 0. The molecule has 0 heterocycles. The first-order chi connectivity index (χ1) is 7.94. The molecule has 0 aromatic heterocycles. The standard InChI is InChI=1S/C14H21NO2/c1-4-9-14(2,3)15-13(17)10-11-7-5-6-8-12(11)16/h5-8,16H,4,9-10H2,1-3H3,(H,15,17). The van der Waals surface area contributed by atoms with Crippen LogP contribution in [0.25, 0.3) is 0 Å². The third-order valence-corrected chi connectivity index (χ3v) is 2.70. The van der Waals surface area contributed by atoms with Gasteiger partial charge in [-0.3, -0.25) is 4.79 Å². The first-order valence-corrected chi connectivity index (χ1v) is 6.02. The number of phenolic OH excluding ortho intramolecular Hbond substituents is 1. The fourth-order valence-corrected chi connectivity index (χ4v) is 1.94. The summed E-state index contributed by atoms with van der Waals surface area (Å²) in [5.41, 5.74) is 0.480. The van der Waals surface area contributed by atoms with E-state index in [1.807, 2.05) is 19.9 Å². The molecule has 1 rings (SSSR count). The van der Waals surface area contributed by atoms with E-state index in [4.69, 9.17) is 0 Å². The van der Waals surface area contributed by atoms with Crippen LogP contribution in [0.15, 0.2) is 24.3 Å². The molecule has 1 amide bonds. The van der Waals surface area contributed by atoms with Gasteiger partial charge in [-0.1, -0.05) is 31.5 Å². The molecule has 0 aliphatic rings. The van der Waals surface area contributed by atoms with E-state index in [2.05, 4.69) is 12.2 Å². The van der Waals surface area contributed by atoms with E-state index in [9.17, 15) is 9.90 Å². The van der Waals surface area contributed by atoms with Crippen LogP contribution >= 0.6 is 0 Å². The summed E-state index contributed by atoms with van der Waals surface area (Å²) in [6, 6.07) is 6.93. The van der Waals surface area contributed by atoms with Crippen molar-refractivity contribution in [1.29, 1.82) is 0 Å². The molecule has 0 bridgehead atoms. The van der Waals surface area contributed by atoms with E-state index in [0.29, 0.717) is 5.56 Å². The van der Waals surface area contributed by atoms with Gasteiger partial charge >= 0.3 is 0 Å². The van der Waals surface area contributed by atoms with Crippen LogP contribution in [0.5, 0.6) is 5.75 Å². The number of carbonyl (C=O) groups is 1. The number of hydrogen-bond acceptors (Lipinski definition) is 2. The number of rotatable bonds is 5. The van der Waals surface area contributed by atoms with E-state index >= 15 is 0 Å². The van der Waals surface area contributed by atoms with Crippen molar-refractivity contribution < 1.29 is 9.90 Å². The molecule has 17 heavy (non-hydrogen) atoms. The average Bonchev–Trinajstić information content (AvgIpc) is 2.20. The highest BCUT2D eigenvalue weighted by Crippen LogP contribution is 2.17. The summed E-state index contributed by atoms with van der Waals surface area (Å²) in [4.78, 5) is 11.8. The lowest BCUT2D eigenvalue weighted by molar-refractivity contribution is -0.122. The monoisotopic (exact) mass is 235 g/mol. The summed E-state index contributed by atoms with van der Waals surface area (Å²) in [5, 5.41) is 12.6. The van der Waals surface area contributed by atoms with Crippen LogP contribution in [0.3, 0.4) is 0 Å². The SMILES string of the molecule is CCCC(C)(C)NC(=O)Cc1ccccc1O. The van der Waals surface area contributed by atoms with Crippen molar-refractivity contribution in [3.05, 3.63) is 29.8 Å². The molecule has 1 aromatic rings. The zero-order chi connectivity index (χ0) is 12.9. The molecule has 1 aromatic carbocycles. The first kappa shape index (κ1) is 13.6. The van der Waals surface area contributed by atoms with Crippen LogP contribution in [0.4, 0.5) is 0 Å². The molecular formula is C14H21NO2. The molecule has 0 fully saturated rings. The lowest BCUT2D eigenvalue weighted by atomic mass is 9.98. The fourth-order valence-electron chi connectivity index (χ4n) is 1.94. The summed E-state index contributed by atoms with van der Waals surface area (Å²) in [6.07, 6.45) is 2.20. The highest BCUT2D eigenvalue weighted by Gasteiger charge is 2.19. The second kappa shape index (κ2) is 5.71. The van der Waals surface area contributed by atoms with E-state index in [1.54, 1.807) is 18.2 Å². The number of para-hydroxylation sites is 1. The van der Waals surface area contributed by atoms with Crippen LogP contribution in [-0.2, 0) is 11.2 Å². The number of benzene rings is 1. The van der Waals surface area contributed by atoms with Gasteiger partial charge in [0.1, 0.15) is 5.75 Å². The maximum Gasteiger partial charge on any atom is 0.224 e. The number of hydrogen-bond donors (Lipinski definition) is 2. The molecule has 0 radical (unpaired) electrons. The predicted octanol–water partition coefficient (Wildman–Crippen LogP) is 2.63. The highest BCUT2D eigenvalue weighted by atomic mass is 16.3. The third kappa shape index (κ3) is 4.47. The van der Waals surface area contributed by atoms with Crippen LogP contribution in [0.1, 0.15) is 39.2 Å². The Morgan fingerprint density at radius 2 is 2.00 bits per heavy atom. The molecular weight excluding hydrogens is 214 g/mol. The number of phenols is 1. The summed E-state index contributed by atoms with van der Waals surface area (Å²) in [6.45, 7) is 6.12. The van der Waals surface area contributed by atoms with Gasteiger partial charge in [0.15, 0.2) is 0 Å². The molecule has 0 unspecified atom stereocenters. The van der Waals surface area contributed by atoms with Gasteiger partial charge in [0.25, 0.3) is 0 Å². The van der Waals surface area contributed by atoms with Gasteiger partial charge in [0.2, 0.25) is 5.91 Å². The molecule has 0 saturated heterocycles. The molecule has 0 aliphatic carbocycles. The Labute approximate surface area is 103 Å². The van der Waals surface area contributed by atoms with Crippen LogP contribution < -0.4 is 5.32 Å². The van der Waals surface area contributed by atoms with Crippen LogP contribution in [-0.4, -0.2) is 16.6 Å². The van der Waals surface area contributed by atoms with Crippen molar-refractivity contribution in [1.82, 2.24) is 5.32 Å². The molecule has 0 aliphatic heterocycles. The van der Waals surface area contributed by atoms with Gasteiger partial charge in [-0.15, -0.1) is 0 Å². The molecule has 94 valence electrons. The van der Waals surface area contributed by atoms with Crippen molar-refractivity contribution in [2.45, 2.75) is 45.6 Å². The quantitative estimate of drug-likeness (QED) is 0.824. The Morgan fingerprint density at radius 1 is 1.35 bits per heavy atom. The third-order valence-electron chi connectivity index (χ3n) is 2.70. The minimum absolute atomic E-state index is 0.0510. The van der Waals surface area contributed by atoms with Crippen molar-refractivity contribution in [3.63, 3.8) is 0 Å². The number of aromatic hydroxyl groups is 1. The maximum atomic E-state index is 11.8. The molecule has 2 N–H and O–H groups in total. The van der Waals surface area contributed by atoms with E-state index < -0.39 is 0 Å². The zero-order valence-electron chi connectivity index (χ0n) is 10.8. The second-order valence-corrected chi connectivity index (χ2v) is 4.99. The topological polar surface area (TPSA) is 49.3 Å². The van der Waals surface area contributed by atoms with Crippen molar-refractivity contribution in [2.24, 2.45) is 0 Å². The van der Waals surface area contributed by atoms with E-state index in [-0.39, 0.29) is 23.6 Å². The summed E-state index contributed by atoms with van der Waals surface area (Å²) >= 11 is 0. The Morgan fingerprint density at radius 3 is 2.59 bits per heavy atom. The lowest BCUT2D eigenvalue weighted by Gasteiger charge is -2.25. The summed E-state index contributed by atoms with van der Waals surface area (Å²) in [5.74, 6) is 0.126. The minimum Gasteiger partial charge on any atom is -0.508 e. The molecule has 0 saturated carbocycles. The van der Waals surface area contributed by atoms with E-state index in [1.165, 1.54) is 0 Å². The van der Waals surface area contributed by atoms with Crippen molar-refractivity contribution in [3.8, 4) is 5.75 Å². The maximum absolute atomic E-state index is 11.8. The Bertz CT molecular complexity index is 386. The lowest BCUT2D eigenvalue weighted by Crippen LogP contribution is -2.43. The fraction of sp³-hybridized carbons (Fsp3) is 0.500. The minimum atomic E-state index is -0.184. The van der Waals surface area contributed by atoms with Gasteiger partial charge in [-0.2, -0.15) is 0 Å². The molecule has 0 spiro atoms. The average molecular weight is 235 g/mol. The van der Waals surface area contributed by atoms with Crippen LogP contribution in [0.2, 0.25) is 0 Å². The number of carbonyl (C=O) groups excluding carboxylic acids is 1. The Kier molecular flexibility index (Phi) is 4.55. The second-order valence-electron chi connectivity index (χ2n) is 4.99. The van der Waals surface area contributed by atoms with Gasteiger partial charge in [-0.05, 0) is 26.3 Å². The van der Waals surface area contributed by atoms with Gasteiger partial charge in [-0.25, -0.2) is 0 Å². The van der Waals surface area contributed by atoms with Gasteiger partial charge in [0, 0.05) is 11.1 Å². The largest absolute Gasteiger partial charge is 0.508 e. The number of nitrogens with one attached hydrogen (secondary N) is 1. The van der Waals surface area contributed by atoms with Gasteiger partial charge in [0.05, 0.1) is 6.42 Å². The summed E-state index contributed by atoms with van der Waals surface area (Å²) < 4.78 is 0. The highest BCUT2D eigenvalue weighted by molar-refractivity contribution is 5.79. The Hall–Kier alpha value is -1.51.